The number of aryl methyl sites for hydroxylation is 1. The first-order chi connectivity index (χ1) is 10.6. The zero-order valence-corrected chi connectivity index (χ0v) is 11.8. The quantitative estimate of drug-likeness (QED) is 0.633. The predicted octanol–water partition coefficient (Wildman–Crippen LogP) is 3.97. The van der Waals surface area contributed by atoms with E-state index in [1.165, 1.54) is 17.7 Å². The summed E-state index contributed by atoms with van der Waals surface area (Å²) in [4.78, 5) is 21.0. The minimum atomic E-state index is -0.606. The summed E-state index contributed by atoms with van der Waals surface area (Å²) in [5.74, 6) is -0.0776. The second-order valence-corrected chi connectivity index (χ2v) is 5.40. The standard InChI is InChI=1S/C16H14N2O4/c19-17(20)12-8-9-15(16(10-12)18(21)22)14-7-3-5-11-4-1-2-6-13(11)14/h1-2,4,6,8-10,14H,3,5,7H2. The van der Waals surface area contributed by atoms with E-state index in [1.807, 2.05) is 24.3 Å². The summed E-state index contributed by atoms with van der Waals surface area (Å²) in [6.07, 6.45) is 2.74. The Morgan fingerprint density at radius 1 is 0.955 bits per heavy atom. The van der Waals surface area contributed by atoms with E-state index in [-0.39, 0.29) is 17.3 Å². The molecule has 2 aromatic carbocycles. The molecule has 0 bridgehead atoms. The maximum Gasteiger partial charge on any atom is 0.280 e. The van der Waals surface area contributed by atoms with Crippen LogP contribution >= 0.6 is 0 Å². The summed E-state index contributed by atoms with van der Waals surface area (Å²) in [5, 5.41) is 22.2. The Morgan fingerprint density at radius 3 is 2.45 bits per heavy atom. The molecule has 0 amide bonds. The fourth-order valence-corrected chi connectivity index (χ4v) is 3.18. The lowest BCUT2D eigenvalue weighted by Gasteiger charge is -2.25. The van der Waals surface area contributed by atoms with Gasteiger partial charge < -0.3 is 0 Å². The van der Waals surface area contributed by atoms with Crippen LogP contribution in [0.1, 0.15) is 35.4 Å². The fraction of sp³-hybridized carbons (Fsp3) is 0.250. The maximum atomic E-state index is 11.3. The number of benzene rings is 2. The molecule has 6 nitrogen and oxygen atoms in total. The lowest BCUT2D eigenvalue weighted by atomic mass is 9.78. The van der Waals surface area contributed by atoms with Crippen molar-refractivity contribution < 1.29 is 9.85 Å². The number of nitrogens with zero attached hydrogens (tertiary/aromatic N) is 2. The molecule has 0 spiro atoms. The summed E-state index contributed by atoms with van der Waals surface area (Å²) < 4.78 is 0. The molecule has 0 aromatic heterocycles. The number of hydrogen-bond donors (Lipinski definition) is 0. The van der Waals surface area contributed by atoms with Gasteiger partial charge in [-0.25, -0.2) is 0 Å². The number of fused-ring (bicyclic) bond motifs is 1. The molecule has 0 N–H and O–H groups in total. The van der Waals surface area contributed by atoms with E-state index < -0.39 is 9.85 Å². The Kier molecular flexibility index (Phi) is 3.58. The molecule has 22 heavy (non-hydrogen) atoms. The zero-order chi connectivity index (χ0) is 15.7. The van der Waals surface area contributed by atoms with Crippen LogP contribution in [0.2, 0.25) is 0 Å². The first-order valence-electron chi connectivity index (χ1n) is 7.08. The normalized spacial score (nSPS) is 16.8. The highest BCUT2D eigenvalue weighted by Crippen LogP contribution is 2.41. The van der Waals surface area contributed by atoms with Gasteiger partial charge in [-0.1, -0.05) is 24.3 Å². The molecule has 1 aliphatic carbocycles. The topological polar surface area (TPSA) is 86.3 Å². The minimum Gasteiger partial charge on any atom is -0.258 e. The maximum absolute atomic E-state index is 11.3. The lowest BCUT2D eigenvalue weighted by molar-refractivity contribution is -0.394. The Hall–Kier alpha value is -2.76. The van der Waals surface area contributed by atoms with Crippen molar-refractivity contribution in [1.82, 2.24) is 0 Å². The van der Waals surface area contributed by atoms with Crippen molar-refractivity contribution >= 4 is 11.4 Å². The second-order valence-electron chi connectivity index (χ2n) is 5.40. The van der Waals surface area contributed by atoms with E-state index in [0.29, 0.717) is 5.56 Å². The van der Waals surface area contributed by atoms with Crippen molar-refractivity contribution in [2.75, 3.05) is 0 Å². The molecule has 1 atom stereocenters. The fourth-order valence-electron chi connectivity index (χ4n) is 3.18. The van der Waals surface area contributed by atoms with Gasteiger partial charge in [0.05, 0.1) is 15.9 Å². The van der Waals surface area contributed by atoms with Crippen molar-refractivity contribution in [2.24, 2.45) is 0 Å². The van der Waals surface area contributed by atoms with E-state index in [1.54, 1.807) is 0 Å². The second kappa shape index (κ2) is 5.55. The first-order valence-corrected chi connectivity index (χ1v) is 7.08. The molecule has 3 rings (SSSR count). The SMILES string of the molecule is O=[N+]([O-])c1ccc(C2CCCc3ccccc32)c([N+](=O)[O-])c1. The van der Waals surface area contributed by atoms with Crippen LogP contribution in [-0.4, -0.2) is 9.85 Å². The van der Waals surface area contributed by atoms with Crippen LogP contribution < -0.4 is 0 Å². The first kappa shape index (κ1) is 14.2. The van der Waals surface area contributed by atoms with Gasteiger partial charge in [-0.15, -0.1) is 0 Å². The van der Waals surface area contributed by atoms with Gasteiger partial charge in [0, 0.05) is 17.5 Å². The van der Waals surface area contributed by atoms with Crippen LogP contribution in [0.5, 0.6) is 0 Å². The third-order valence-corrected chi connectivity index (χ3v) is 4.17. The van der Waals surface area contributed by atoms with Crippen LogP contribution in [-0.2, 0) is 6.42 Å². The highest BCUT2D eigenvalue weighted by atomic mass is 16.6. The van der Waals surface area contributed by atoms with E-state index >= 15 is 0 Å². The summed E-state index contributed by atoms with van der Waals surface area (Å²) in [5.41, 5.74) is 2.43. The molecular weight excluding hydrogens is 284 g/mol. The molecule has 0 aliphatic heterocycles. The van der Waals surface area contributed by atoms with Crippen LogP contribution in [0.3, 0.4) is 0 Å². The average molecular weight is 298 g/mol. The summed E-state index contributed by atoms with van der Waals surface area (Å²) in [7, 11) is 0. The smallest absolute Gasteiger partial charge is 0.258 e. The number of nitro benzene ring substituents is 2. The Balaban J connectivity index is 2.13. The number of nitro groups is 2. The molecular formula is C16H14N2O4. The highest BCUT2D eigenvalue weighted by Gasteiger charge is 2.29. The summed E-state index contributed by atoms with van der Waals surface area (Å²) >= 11 is 0. The van der Waals surface area contributed by atoms with E-state index in [0.717, 1.165) is 30.9 Å². The molecule has 0 fully saturated rings. The van der Waals surface area contributed by atoms with E-state index in [2.05, 4.69) is 0 Å². The van der Waals surface area contributed by atoms with Gasteiger partial charge >= 0.3 is 0 Å². The number of non-ortho nitro benzene ring substituents is 1. The van der Waals surface area contributed by atoms with Gasteiger partial charge in [-0.05, 0) is 36.5 Å². The Bertz CT molecular complexity index is 758. The van der Waals surface area contributed by atoms with Crippen LogP contribution in [0, 0.1) is 20.2 Å². The van der Waals surface area contributed by atoms with Gasteiger partial charge in [-0.2, -0.15) is 0 Å². The molecule has 1 unspecified atom stereocenters. The molecule has 0 heterocycles. The van der Waals surface area contributed by atoms with Crippen molar-refractivity contribution in [3.63, 3.8) is 0 Å². The third kappa shape index (κ3) is 2.43. The summed E-state index contributed by atoms with van der Waals surface area (Å²) in [6.45, 7) is 0. The average Bonchev–Trinajstić information content (AvgIpc) is 2.53. The van der Waals surface area contributed by atoms with Crippen molar-refractivity contribution in [3.05, 3.63) is 79.4 Å². The molecule has 1 aliphatic rings. The van der Waals surface area contributed by atoms with Gasteiger partial charge in [-0.3, -0.25) is 20.2 Å². The van der Waals surface area contributed by atoms with Gasteiger partial charge in [0.15, 0.2) is 0 Å². The predicted molar refractivity (Wildman–Crippen MR) is 81.0 cm³/mol. The van der Waals surface area contributed by atoms with Gasteiger partial charge in [0.2, 0.25) is 0 Å². The van der Waals surface area contributed by atoms with Crippen LogP contribution in [0.25, 0.3) is 0 Å². The van der Waals surface area contributed by atoms with Crippen molar-refractivity contribution in [3.8, 4) is 0 Å². The molecule has 2 aromatic rings. The van der Waals surface area contributed by atoms with Gasteiger partial charge in [0.25, 0.3) is 11.4 Å². The highest BCUT2D eigenvalue weighted by molar-refractivity contribution is 5.54. The van der Waals surface area contributed by atoms with E-state index in [9.17, 15) is 20.2 Å². The Labute approximate surface area is 126 Å². The Morgan fingerprint density at radius 2 is 1.73 bits per heavy atom. The molecule has 6 heteroatoms. The van der Waals surface area contributed by atoms with E-state index in [4.69, 9.17) is 0 Å². The molecule has 0 saturated heterocycles. The minimum absolute atomic E-state index is 0.0776. The largest absolute Gasteiger partial charge is 0.280 e. The number of hydrogen-bond acceptors (Lipinski definition) is 4. The van der Waals surface area contributed by atoms with Crippen molar-refractivity contribution in [1.29, 1.82) is 0 Å². The van der Waals surface area contributed by atoms with Gasteiger partial charge in [0.1, 0.15) is 0 Å². The van der Waals surface area contributed by atoms with Crippen LogP contribution in [0.4, 0.5) is 11.4 Å². The van der Waals surface area contributed by atoms with Crippen LogP contribution in [0.15, 0.2) is 42.5 Å². The van der Waals surface area contributed by atoms with Crippen molar-refractivity contribution in [2.45, 2.75) is 25.2 Å². The number of rotatable bonds is 3. The zero-order valence-electron chi connectivity index (χ0n) is 11.8. The molecule has 112 valence electrons. The summed E-state index contributed by atoms with van der Waals surface area (Å²) in [6, 6.07) is 11.9. The monoisotopic (exact) mass is 298 g/mol. The lowest BCUT2D eigenvalue weighted by Crippen LogP contribution is -2.12. The molecule has 0 radical (unpaired) electrons. The third-order valence-electron chi connectivity index (χ3n) is 4.17. The molecule has 0 saturated carbocycles.